The number of nitrogens with zero attached hydrogens (tertiary/aromatic N) is 5. The minimum atomic E-state index is -0.266. The van der Waals surface area contributed by atoms with Gasteiger partial charge in [-0.05, 0) is 50.7 Å². The van der Waals surface area contributed by atoms with Crippen LogP contribution in [-0.4, -0.2) is 55.4 Å². The van der Waals surface area contributed by atoms with Gasteiger partial charge in [-0.1, -0.05) is 34.8 Å². The van der Waals surface area contributed by atoms with Crippen molar-refractivity contribution in [3.05, 3.63) is 33.4 Å². The van der Waals surface area contributed by atoms with Gasteiger partial charge in [-0.2, -0.15) is 4.98 Å². The molecule has 10 nitrogen and oxygen atoms in total. The third-order valence-electron chi connectivity index (χ3n) is 7.34. The molecule has 2 aliphatic rings. The highest BCUT2D eigenvalue weighted by Gasteiger charge is 2.30. The lowest BCUT2D eigenvalue weighted by atomic mass is 9.85. The highest BCUT2D eigenvalue weighted by molar-refractivity contribution is 6.41. The number of primary amides is 1. The smallest absolute Gasteiger partial charge is 0.225 e. The van der Waals surface area contributed by atoms with Crippen LogP contribution in [0.5, 0.6) is 0 Å². The SMILES string of the molecule is CC(=O)N1CCC[C@@H](Nc2ncc3nc(Nc4c(Cl)cc(Cl)cc4Cl)n(C4CCC(C(N)=O)CC4)c3n2)C1. The van der Waals surface area contributed by atoms with E-state index in [4.69, 9.17) is 50.5 Å². The van der Waals surface area contributed by atoms with Gasteiger partial charge in [0.25, 0.3) is 0 Å². The van der Waals surface area contributed by atoms with Crippen LogP contribution in [0.4, 0.5) is 17.6 Å². The van der Waals surface area contributed by atoms with E-state index in [2.05, 4.69) is 15.6 Å². The summed E-state index contributed by atoms with van der Waals surface area (Å²) in [7, 11) is 0. The van der Waals surface area contributed by atoms with Crippen LogP contribution in [0.15, 0.2) is 18.3 Å². The molecule has 0 radical (unpaired) electrons. The molecule has 4 N–H and O–H groups in total. The second-order valence-electron chi connectivity index (χ2n) is 9.93. The van der Waals surface area contributed by atoms with Crippen LogP contribution in [0.2, 0.25) is 15.1 Å². The first kappa shape index (κ1) is 26.8. The Bertz CT molecular complexity index is 1350. The van der Waals surface area contributed by atoms with Gasteiger partial charge in [-0.15, -0.1) is 0 Å². The number of carbonyl (C=O) groups excluding carboxylic acids is 2. The zero-order valence-corrected chi connectivity index (χ0v) is 23.2. The second-order valence-corrected chi connectivity index (χ2v) is 11.2. The Balaban J connectivity index is 1.50. The van der Waals surface area contributed by atoms with E-state index < -0.39 is 0 Å². The van der Waals surface area contributed by atoms with Gasteiger partial charge in [0.05, 0.1) is 21.9 Å². The summed E-state index contributed by atoms with van der Waals surface area (Å²) < 4.78 is 2.03. The summed E-state index contributed by atoms with van der Waals surface area (Å²) in [6, 6.07) is 3.29. The zero-order valence-electron chi connectivity index (χ0n) is 20.9. The van der Waals surface area contributed by atoms with Crippen molar-refractivity contribution < 1.29 is 9.59 Å². The number of nitrogens with one attached hydrogen (secondary N) is 2. The van der Waals surface area contributed by atoms with E-state index in [1.165, 1.54) is 0 Å². The van der Waals surface area contributed by atoms with Gasteiger partial charge >= 0.3 is 0 Å². The normalized spacial score (nSPS) is 21.9. The second kappa shape index (κ2) is 11.1. The van der Waals surface area contributed by atoms with E-state index in [0.29, 0.717) is 63.2 Å². The van der Waals surface area contributed by atoms with Crippen LogP contribution in [0.1, 0.15) is 51.5 Å². The number of amides is 2. The number of aromatic nitrogens is 4. The molecule has 3 aromatic rings. The molecule has 2 amide bonds. The number of anilines is 3. The van der Waals surface area contributed by atoms with Crippen LogP contribution in [0, 0.1) is 5.92 Å². The Morgan fingerprint density at radius 1 is 1.05 bits per heavy atom. The number of halogens is 3. The quantitative estimate of drug-likeness (QED) is 0.367. The Labute approximate surface area is 235 Å². The van der Waals surface area contributed by atoms with E-state index in [1.807, 2.05) is 9.47 Å². The lowest BCUT2D eigenvalue weighted by Crippen LogP contribution is -2.44. The summed E-state index contributed by atoms with van der Waals surface area (Å²) in [4.78, 5) is 39.6. The van der Waals surface area contributed by atoms with Crippen molar-refractivity contribution in [1.29, 1.82) is 0 Å². The number of imidazole rings is 1. The number of rotatable bonds is 6. The van der Waals surface area contributed by atoms with E-state index in [0.717, 1.165) is 32.2 Å². The number of benzene rings is 1. The van der Waals surface area contributed by atoms with Crippen molar-refractivity contribution in [2.45, 2.75) is 57.5 Å². The summed E-state index contributed by atoms with van der Waals surface area (Å²) >= 11 is 19.0. The number of carbonyl (C=O) groups is 2. The molecule has 3 heterocycles. The molecule has 38 heavy (non-hydrogen) atoms. The van der Waals surface area contributed by atoms with Crippen molar-refractivity contribution in [2.24, 2.45) is 11.7 Å². The minimum absolute atomic E-state index is 0.0218. The standard InChI is InChI=1S/C25H29Cl3N8O2/c1-13(37)35-8-2-3-16(12-35)31-24-30-11-20-23(34-24)36(17-6-4-14(5-7-17)22(29)38)25(32-20)33-21-18(27)9-15(26)10-19(21)28/h9-11,14,16-17H,2-8,12H2,1H3,(H2,29,38)(H,32,33)(H,30,31,34)/t14?,16-,17?/m1/s1. The predicted molar refractivity (Wildman–Crippen MR) is 149 cm³/mol. The molecule has 202 valence electrons. The fraction of sp³-hybridized carbons (Fsp3) is 0.480. The predicted octanol–water partition coefficient (Wildman–Crippen LogP) is 5.17. The average molecular weight is 580 g/mol. The number of hydrogen-bond acceptors (Lipinski definition) is 7. The molecule has 1 atom stereocenters. The first-order valence-corrected chi connectivity index (χ1v) is 13.8. The molecule has 2 fully saturated rings. The molecular weight excluding hydrogens is 551 g/mol. The lowest BCUT2D eigenvalue weighted by molar-refractivity contribution is -0.129. The molecule has 5 rings (SSSR count). The molecule has 1 aliphatic carbocycles. The third-order valence-corrected chi connectivity index (χ3v) is 8.15. The van der Waals surface area contributed by atoms with Crippen LogP contribution >= 0.6 is 34.8 Å². The molecule has 1 aromatic carbocycles. The van der Waals surface area contributed by atoms with E-state index in [1.54, 1.807) is 25.3 Å². The maximum absolute atomic E-state index is 11.9. The first-order valence-electron chi connectivity index (χ1n) is 12.7. The summed E-state index contributed by atoms with van der Waals surface area (Å²) in [6.45, 7) is 2.96. The van der Waals surface area contributed by atoms with Gasteiger partial charge in [0.1, 0.15) is 5.52 Å². The number of likely N-dealkylation sites (tertiary alicyclic amines) is 1. The summed E-state index contributed by atoms with van der Waals surface area (Å²) in [5.41, 5.74) is 7.31. The van der Waals surface area contributed by atoms with E-state index in [-0.39, 0.29) is 29.8 Å². The summed E-state index contributed by atoms with van der Waals surface area (Å²) in [5.74, 6) is 0.639. The van der Waals surface area contributed by atoms with Crippen LogP contribution in [-0.2, 0) is 9.59 Å². The third kappa shape index (κ3) is 5.62. The van der Waals surface area contributed by atoms with E-state index in [9.17, 15) is 9.59 Å². The molecule has 1 saturated carbocycles. The molecule has 2 aromatic heterocycles. The Morgan fingerprint density at radius 3 is 2.42 bits per heavy atom. The van der Waals surface area contributed by atoms with Gasteiger partial charge in [0, 0.05) is 43.0 Å². The topological polar surface area (TPSA) is 131 Å². The highest BCUT2D eigenvalue weighted by Crippen LogP contribution is 2.40. The summed E-state index contributed by atoms with van der Waals surface area (Å²) in [5, 5.41) is 7.83. The van der Waals surface area contributed by atoms with Crippen LogP contribution < -0.4 is 16.4 Å². The maximum atomic E-state index is 11.9. The molecule has 0 spiro atoms. The highest BCUT2D eigenvalue weighted by atomic mass is 35.5. The maximum Gasteiger partial charge on any atom is 0.225 e. The minimum Gasteiger partial charge on any atom is -0.369 e. The Hall–Kier alpha value is -2.82. The molecule has 13 heteroatoms. The van der Waals surface area contributed by atoms with Crippen molar-refractivity contribution in [1.82, 2.24) is 24.4 Å². The van der Waals surface area contributed by atoms with Crippen molar-refractivity contribution >= 4 is 75.4 Å². The fourth-order valence-corrected chi connectivity index (χ4v) is 6.26. The van der Waals surface area contributed by atoms with Gasteiger partial charge < -0.3 is 21.3 Å². The number of fused-ring (bicyclic) bond motifs is 1. The molecule has 0 unspecified atom stereocenters. The molecular formula is C25H29Cl3N8O2. The first-order chi connectivity index (χ1) is 18.2. The fourth-order valence-electron chi connectivity index (χ4n) is 5.35. The Kier molecular flexibility index (Phi) is 7.83. The molecule has 1 aliphatic heterocycles. The number of piperidine rings is 1. The van der Waals surface area contributed by atoms with Crippen LogP contribution in [0.3, 0.4) is 0 Å². The number of hydrogen-bond donors (Lipinski definition) is 3. The van der Waals surface area contributed by atoms with Crippen LogP contribution in [0.25, 0.3) is 11.2 Å². The largest absolute Gasteiger partial charge is 0.369 e. The van der Waals surface area contributed by atoms with Gasteiger partial charge in [0.2, 0.25) is 23.7 Å². The Morgan fingerprint density at radius 2 is 1.76 bits per heavy atom. The number of nitrogens with two attached hydrogens (primary N) is 1. The average Bonchev–Trinajstić information content (AvgIpc) is 3.23. The zero-order chi connectivity index (χ0) is 27.0. The van der Waals surface area contributed by atoms with Gasteiger partial charge in [-0.3, -0.25) is 14.2 Å². The van der Waals surface area contributed by atoms with E-state index >= 15 is 0 Å². The molecule has 1 saturated heterocycles. The molecule has 0 bridgehead atoms. The van der Waals surface area contributed by atoms with Gasteiger partial charge in [0.15, 0.2) is 5.65 Å². The summed E-state index contributed by atoms with van der Waals surface area (Å²) in [6.07, 6.45) is 6.34. The van der Waals surface area contributed by atoms with Crippen molar-refractivity contribution in [2.75, 3.05) is 23.7 Å². The van der Waals surface area contributed by atoms with Gasteiger partial charge in [-0.25, -0.2) is 9.97 Å². The van der Waals surface area contributed by atoms with Crippen molar-refractivity contribution in [3.8, 4) is 0 Å². The van der Waals surface area contributed by atoms with Crippen molar-refractivity contribution in [3.63, 3.8) is 0 Å². The lowest BCUT2D eigenvalue weighted by Gasteiger charge is -2.32. The monoisotopic (exact) mass is 578 g/mol.